The molecule has 2 aliphatic rings. The smallest absolute Gasteiger partial charge is 0.0685 e. The summed E-state index contributed by atoms with van der Waals surface area (Å²) < 4.78 is 6.14. The predicted molar refractivity (Wildman–Crippen MR) is 82.7 cm³/mol. The largest absolute Gasteiger partial charge is 0.375 e. The van der Waals surface area contributed by atoms with Crippen LogP contribution in [0.2, 0.25) is 0 Å². The molecule has 1 aromatic carbocycles. The standard InChI is InChI=1S/C18H27NO/c1-13-5-6-14(2)16(11-13)17(19)15-7-10-20-18(12-15)8-3-4-9-18/h5-6,11,15,17H,3-4,7-10,12,19H2,1-2H3. The summed E-state index contributed by atoms with van der Waals surface area (Å²) in [5, 5.41) is 0. The van der Waals surface area contributed by atoms with Crippen molar-refractivity contribution < 1.29 is 4.74 Å². The van der Waals surface area contributed by atoms with Crippen molar-refractivity contribution in [3.63, 3.8) is 0 Å². The molecule has 1 spiro atoms. The minimum atomic E-state index is 0.163. The number of rotatable bonds is 2. The van der Waals surface area contributed by atoms with E-state index in [-0.39, 0.29) is 11.6 Å². The second kappa shape index (κ2) is 5.50. The lowest BCUT2D eigenvalue weighted by Crippen LogP contribution is -2.40. The summed E-state index contributed by atoms with van der Waals surface area (Å²) in [7, 11) is 0. The molecule has 1 aliphatic heterocycles. The molecule has 1 saturated heterocycles. The van der Waals surface area contributed by atoms with Crippen LogP contribution in [0.4, 0.5) is 0 Å². The molecule has 0 aromatic heterocycles. The van der Waals surface area contributed by atoms with Gasteiger partial charge in [0, 0.05) is 12.6 Å². The van der Waals surface area contributed by atoms with Crippen molar-refractivity contribution in [2.75, 3.05) is 6.61 Å². The zero-order valence-electron chi connectivity index (χ0n) is 12.8. The molecule has 2 heteroatoms. The number of hydrogen-bond acceptors (Lipinski definition) is 2. The highest BCUT2D eigenvalue weighted by Crippen LogP contribution is 2.45. The quantitative estimate of drug-likeness (QED) is 0.882. The molecule has 1 heterocycles. The van der Waals surface area contributed by atoms with Crippen molar-refractivity contribution in [2.45, 2.75) is 64.0 Å². The van der Waals surface area contributed by atoms with Gasteiger partial charge in [0.2, 0.25) is 0 Å². The fourth-order valence-corrected chi connectivity index (χ4v) is 4.11. The van der Waals surface area contributed by atoms with E-state index in [0.29, 0.717) is 5.92 Å². The lowest BCUT2D eigenvalue weighted by Gasteiger charge is -2.40. The normalized spacial score (nSPS) is 26.9. The molecule has 110 valence electrons. The fraction of sp³-hybridized carbons (Fsp3) is 0.667. The molecule has 20 heavy (non-hydrogen) atoms. The van der Waals surface area contributed by atoms with Crippen LogP contribution in [0.1, 0.15) is 61.3 Å². The van der Waals surface area contributed by atoms with Crippen LogP contribution in [0.5, 0.6) is 0 Å². The first-order valence-electron chi connectivity index (χ1n) is 8.06. The number of aryl methyl sites for hydroxylation is 2. The highest BCUT2D eigenvalue weighted by Gasteiger charge is 2.41. The minimum absolute atomic E-state index is 0.163. The van der Waals surface area contributed by atoms with Crippen LogP contribution in [-0.2, 0) is 4.74 Å². The topological polar surface area (TPSA) is 35.2 Å². The van der Waals surface area contributed by atoms with E-state index in [9.17, 15) is 0 Å². The van der Waals surface area contributed by atoms with Gasteiger partial charge in [-0.1, -0.05) is 36.6 Å². The SMILES string of the molecule is Cc1ccc(C)c(C(N)C2CCOC3(CCCC3)C2)c1. The molecule has 2 unspecified atom stereocenters. The third kappa shape index (κ3) is 2.64. The highest BCUT2D eigenvalue weighted by atomic mass is 16.5. The molecule has 1 aromatic rings. The van der Waals surface area contributed by atoms with E-state index >= 15 is 0 Å². The first kappa shape index (κ1) is 14.1. The third-order valence-corrected chi connectivity index (χ3v) is 5.35. The van der Waals surface area contributed by atoms with Gasteiger partial charge in [-0.25, -0.2) is 0 Å². The van der Waals surface area contributed by atoms with Crippen molar-refractivity contribution in [1.82, 2.24) is 0 Å². The van der Waals surface area contributed by atoms with Crippen LogP contribution in [0, 0.1) is 19.8 Å². The lowest BCUT2D eigenvalue weighted by molar-refractivity contribution is -0.0964. The van der Waals surface area contributed by atoms with Gasteiger partial charge < -0.3 is 10.5 Å². The molecule has 0 amide bonds. The van der Waals surface area contributed by atoms with Gasteiger partial charge in [0.25, 0.3) is 0 Å². The van der Waals surface area contributed by atoms with Gasteiger partial charge in [-0.2, -0.15) is 0 Å². The van der Waals surface area contributed by atoms with Gasteiger partial charge >= 0.3 is 0 Å². The van der Waals surface area contributed by atoms with Crippen molar-refractivity contribution in [2.24, 2.45) is 11.7 Å². The zero-order valence-corrected chi connectivity index (χ0v) is 12.8. The Bertz CT molecular complexity index is 476. The van der Waals surface area contributed by atoms with Crippen LogP contribution in [0.25, 0.3) is 0 Å². The average Bonchev–Trinajstić information content (AvgIpc) is 2.88. The molecule has 1 saturated carbocycles. The molecule has 3 rings (SSSR count). The van der Waals surface area contributed by atoms with E-state index in [2.05, 4.69) is 32.0 Å². The molecule has 0 bridgehead atoms. The fourth-order valence-electron chi connectivity index (χ4n) is 4.11. The maximum absolute atomic E-state index is 6.63. The van der Waals surface area contributed by atoms with Gasteiger partial charge in [-0.05, 0) is 56.6 Å². The summed E-state index contributed by atoms with van der Waals surface area (Å²) in [6, 6.07) is 6.82. The molecule has 2 atom stereocenters. The number of ether oxygens (including phenoxy) is 1. The molecule has 2 fully saturated rings. The number of nitrogens with two attached hydrogens (primary N) is 1. The average molecular weight is 273 g/mol. The van der Waals surface area contributed by atoms with Crippen molar-refractivity contribution in [3.8, 4) is 0 Å². The summed E-state index contributed by atoms with van der Waals surface area (Å²) in [6.45, 7) is 5.22. The predicted octanol–water partition coefficient (Wildman–Crippen LogP) is 4.04. The van der Waals surface area contributed by atoms with Gasteiger partial charge in [-0.3, -0.25) is 0 Å². The summed E-state index contributed by atoms with van der Waals surface area (Å²) in [4.78, 5) is 0. The highest BCUT2D eigenvalue weighted by molar-refractivity contribution is 5.33. The van der Waals surface area contributed by atoms with Crippen LogP contribution in [-0.4, -0.2) is 12.2 Å². The zero-order chi connectivity index (χ0) is 14.2. The molecule has 0 radical (unpaired) electrons. The number of hydrogen-bond donors (Lipinski definition) is 1. The van der Waals surface area contributed by atoms with E-state index in [4.69, 9.17) is 10.5 Å². The van der Waals surface area contributed by atoms with E-state index < -0.39 is 0 Å². The lowest BCUT2D eigenvalue weighted by atomic mass is 9.78. The molecule has 2 nitrogen and oxygen atoms in total. The summed E-state index contributed by atoms with van der Waals surface area (Å²) in [5.41, 5.74) is 10.8. The van der Waals surface area contributed by atoms with Crippen LogP contribution >= 0.6 is 0 Å². The Morgan fingerprint density at radius 2 is 2.00 bits per heavy atom. The Morgan fingerprint density at radius 1 is 1.25 bits per heavy atom. The number of benzene rings is 1. The van der Waals surface area contributed by atoms with E-state index in [1.54, 1.807) is 0 Å². The van der Waals surface area contributed by atoms with Crippen molar-refractivity contribution >= 4 is 0 Å². The molecule has 2 N–H and O–H groups in total. The van der Waals surface area contributed by atoms with Gasteiger partial charge in [-0.15, -0.1) is 0 Å². The Labute approximate surface area is 122 Å². The Morgan fingerprint density at radius 3 is 2.75 bits per heavy atom. The van der Waals surface area contributed by atoms with E-state index in [1.807, 2.05) is 0 Å². The van der Waals surface area contributed by atoms with Crippen LogP contribution in [0.3, 0.4) is 0 Å². The first-order valence-corrected chi connectivity index (χ1v) is 8.06. The molecular formula is C18H27NO. The van der Waals surface area contributed by atoms with E-state index in [0.717, 1.165) is 19.4 Å². The monoisotopic (exact) mass is 273 g/mol. The van der Waals surface area contributed by atoms with Gasteiger partial charge in [0.05, 0.1) is 5.60 Å². The van der Waals surface area contributed by atoms with Crippen molar-refractivity contribution in [1.29, 1.82) is 0 Å². The Balaban J connectivity index is 1.79. The Kier molecular flexibility index (Phi) is 3.87. The van der Waals surface area contributed by atoms with E-state index in [1.165, 1.54) is 42.4 Å². The summed E-state index contributed by atoms with van der Waals surface area (Å²) in [6.07, 6.45) is 7.39. The second-order valence-electron chi connectivity index (χ2n) is 6.88. The minimum Gasteiger partial charge on any atom is -0.375 e. The summed E-state index contributed by atoms with van der Waals surface area (Å²) in [5.74, 6) is 0.572. The third-order valence-electron chi connectivity index (χ3n) is 5.35. The maximum Gasteiger partial charge on any atom is 0.0685 e. The molecule has 1 aliphatic carbocycles. The van der Waals surface area contributed by atoms with Crippen LogP contribution in [0.15, 0.2) is 18.2 Å². The van der Waals surface area contributed by atoms with Crippen LogP contribution < -0.4 is 5.73 Å². The first-order chi connectivity index (χ1) is 9.60. The summed E-state index contributed by atoms with van der Waals surface area (Å²) >= 11 is 0. The molecular weight excluding hydrogens is 246 g/mol. The Hall–Kier alpha value is -0.860. The second-order valence-corrected chi connectivity index (χ2v) is 6.88. The maximum atomic E-state index is 6.63. The van der Waals surface area contributed by atoms with Crippen molar-refractivity contribution in [3.05, 3.63) is 34.9 Å². The van der Waals surface area contributed by atoms with Gasteiger partial charge in [0.1, 0.15) is 0 Å². The van der Waals surface area contributed by atoms with Gasteiger partial charge in [0.15, 0.2) is 0 Å².